The first-order valence-corrected chi connectivity index (χ1v) is 11.7. The monoisotopic (exact) mass is 449 g/mol. The lowest BCUT2D eigenvalue weighted by atomic mass is 9.80. The Morgan fingerprint density at radius 3 is 2.70 bits per heavy atom. The summed E-state index contributed by atoms with van der Waals surface area (Å²) >= 11 is 0. The van der Waals surface area contributed by atoms with Gasteiger partial charge < -0.3 is 26.2 Å². The van der Waals surface area contributed by atoms with Crippen LogP contribution in [0.5, 0.6) is 11.5 Å². The minimum Gasteiger partial charge on any atom is -0.504 e. The molecule has 0 bridgehead atoms. The molecule has 2 heterocycles. The molecule has 1 fully saturated rings. The summed E-state index contributed by atoms with van der Waals surface area (Å²) in [6.07, 6.45) is 3.57. The summed E-state index contributed by atoms with van der Waals surface area (Å²) in [4.78, 5) is 28.8. The van der Waals surface area contributed by atoms with Gasteiger partial charge in [0.05, 0.1) is 18.1 Å². The first-order valence-electron chi connectivity index (χ1n) is 11.7. The molecule has 3 aliphatic rings. The lowest BCUT2D eigenvalue weighted by molar-refractivity contribution is -0.143. The first kappa shape index (κ1) is 21.8. The zero-order valence-electron chi connectivity index (χ0n) is 19.0. The van der Waals surface area contributed by atoms with E-state index >= 15 is 0 Å². The van der Waals surface area contributed by atoms with Gasteiger partial charge in [-0.1, -0.05) is 44.2 Å². The molecule has 1 unspecified atom stereocenters. The molecule has 2 amide bonds. The number of phenolic OH excluding ortho intramolecular Hbond substituents is 2. The molecule has 0 aromatic heterocycles. The number of amides is 2. The predicted octanol–water partition coefficient (Wildman–Crippen LogP) is 2.84. The lowest BCUT2D eigenvalue weighted by Gasteiger charge is -2.35. The molecule has 2 aliphatic heterocycles. The largest absolute Gasteiger partial charge is 0.504 e. The van der Waals surface area contributed by atoms with Crippen molar-refractivity contribution in [3.8, 4) is 11.5 Å². The van der Waals surface area contributed by atoms with Crippen molar-refractivity contribution in [1.82, 2.24) is 10.2 Å². The van der Waals surface area contributed by atoms with Crippen LogP contribution in [0.15, 0.2) is 36.4 Å². The van der Waals surface area contributed by atoms with E-state index in [1.165, 1.54) is 11.6 Å². The number of carbonyl (C=O) groups is 2. The van der Waals surface area contributed by atoms with Gasteiger partial charge in [0.1, 0.15) is 6.04 Å². The molecule has 0 spiro atoms. The number of nitrogens with two attached hydrogens (primary N) is 1. The Morgan fingerprint density at radius 1 is 1.15 bits per heavy atom. The van der Waals surface area contributed by atoms with Crippen LogP contribution in [0.2, 0.25) is 0 Å². The fourth-order valence-electron chi connectivity index (χ4n) is 6.13. The van der Waals surface area contributed by atoms with Crippen LogP contribution in [0.3, 0.4) is 0 Å². The number of benzene rings is 2. The fourth-order valence-corrected chi connectivity index (χ4v) is 6.13. The highest BCUT2D eigenvalue weighted by atomic mass is 16.3. The zero-order chi connectivity index (χ0) is 23.5. The minimum atomic E-state index is -0.822. The number of rotatable bonds is 2. The van der Waals surface area contributed by atoms with Crippen molar-refractivity contribution < 1.29 is 19.8 Å². The molecular formula is C26H31N3O4. The number of aryl methyl sites for hydroxylation is 1. The van der Waals surface area contributed by atoms with E-state index in [4.69, 9.17) is 5.73 Å². The van der Waals surface area contributed by atoms with Crippen molar-refractivity contribution in [1.29, 1.82) is 0 Å². The second kappa shape index (κ2) is 7.76. The Hall–Kier alpha value is -3.06. The number of nitrogens with one attached hydrogen (secondary N) is 1. The number of fused-ring (bicyclic) bond motifs is 4. The van der Waals surface area contributed by atoms with Crippen molar-refractivity contribution in [2.45, 2.75) is 70.1 Å². The van der Waals surface area contributed by atoms with Gasteiger partial charge in [-0.2, -0.15) is 0 Å². The van der Waals surface area contributed by atoms with Crippen molar-refractivity contribution in [2.75, 3.05) is 0 Å². The van der Waals surface area contributed by atoms with Crippen LogP contribution >= 0.6 is 0 Å². The molecule has 7 heteroatoms. The summed E-state index contributed by atoms with van der Waals surface area (Å²) < 4.78 is 0. The van der Waals surface area contributed by atoms with Crippen molar-refractivity contribution in [3.05, 3.63) is 58.7 Å². The van der Waals surface area contributed by atoms with Gasteiger partial charge in [-0.3, -0.25) is 9.59 Å². The minimum absolute atomic E-state index is 0.0993. The molecule has 174 valence electrons. The summed E-state index contributed by atoms with van der Waals surface area (Å²) in [5.41, 5.74) is 9.34. The average Bonchev–Trinajstić information content (AvgIpc) is 3.01. The summed E-state index contributed by atoms with van der Waals surface area (Å²) in [6.45, 7) is 3.94. The van der Waals surface area contributed by atoms with Gasteiger partial charge in [0.25, 0.3) is 0 Å². The summed E-state index contributed by atoms with van der Waals surface area (Å²) in [5.74, 6) is -0.971. The second-order valence-electron chi connectivity index (χ2n) is 10.3. The van der Waals surface area contributed by atoms with E-state index in [9.17, 15) is 19.8 Å². The molecule has 7 nitrogen and oxygen atoms in total. The number of hydrogen-bond acceptors (Lipinski definition) is 5. The second-order valence-corrected chi connectivity index (χ2v) is 10.3. The molecule has 4 atom stereocenters. The van der Waals surface area contributed by atoms with Crippen molar-refractivity contribution in [2.24, 2.45) is 11.1 Å². The van der Waals surface area contributed by atoms with E-state index in [0.29, 0.717) is 12.0 Å². The van der Waals surface area contributed by atoms with E-state index in [2.05, 4.69) is 17.4 Å². The highest BCUT2D eigenvalue weighted by Crippen LogP contribution is 2.53. The smallest absolute Gasteiger partial charge is 0.243 e. The van der Waals surface area contributed by atoms with E-state index in [-0.39, 0.29) is 35.8 Å². The lowest BCUT2D eigenvalue weighted by Crippen LogP contribution is -2.55. The number of aromatic hydroxyl groups is 2. The van der Waals surface area contributed by atoms with Crippen LogP contribution in [0.1, 0.15) is 67.4 Å². The van der Waals surface area contributed by atoms with Gasteiger partial charge in [-0.05, 0) is 60.3 Å². The summed E-state index contributed by atoms with van der Waals surface area (Å²) in [6, 6.07) is 9.12. The molecule has 5 rings (SSSR count). The third-order valence-corrected chi connectivity index (χ3v) is 7.64. The maximum atomic E-state index is 13.8. The molecule has 5 N–H and O–H groups in total. The van der Waals surface area contributed by atoms with E-state index in [1.54, 1.807) is 11.0 Å². The van der Waals surface area contributed by atoms with Crippen LogP contribution in [0.25, 0.3) is 0 Å². The number of carbonyl (C=O) groups excluding carboxylic acids is 2. The van der Waals surface area contributed by atoms with Gasteiger partial charge in [-0.15, -0.1) is 0 Å². The van der Waals surface area contributed by atoms with Crippen LogP contribution in [0, 0.1) is 5.41 Å². The number of hydrogen-bond donors (Lipinski definition) is 4. The molecule has 2 aromatic carbocycles. The quantitative estimate of drug-likeness (QED) is 0.526. The molecule has 0 saturated carbocycles. The normalized spacial score (nSPS) is 27.8. The fraction of sp³-hybridized carbons (Fsp3) is 0.462. The highest BCUT2D eigenvalue weighted by molar-refractivity contribution is 5.92. The molecule has 2 aromatic rings. The predicted molar refractivity (Wildman–Crippen MR) is 123 cm³/mol. The third kappa shape index (κ3) is 3.46. The van der Waals surface area contributed by atoms with Gasteiger partial charge >= 0.3 is 0 Å². The van der Waals surface area contributed by atoms with Crippen LogP contribution in [0.4, 0.5) is 0 Å². The Bertz CT molecular complexity index is 1130. The molecule has 1 aliphatic carbocycles. The van der Waals surface area contributed by atoms with Gasteiger partial charge in [-0.25, -0.2) is 0 Å². The highest BCUT2D eigenvalue weighted by Gasteiger charge is 2.55. The van der Waals surface area contributed by atoms with Crippen molar-refractivity contribution >= 4 is 11.8 Å². The maximum absolute atomic E-state index is 13.8. The average molecular weight is 450 g/mol. The van der Waals surface area contributed by atoms with Gasteiger partial charge in [0.15, 0.2) is 11.5 Å². The third-order valence-electron chi connectivity index (χ3n) is 7.64. The van der Waals surface area contributed by atoms with Gasteiger partial charge in [0.2, 0.25) is 11.8 Å². The molecular weight excluding hydrogens is 418 g/mol. The first-order chi connectivity index (χ1) is 15.7. The number of phenols is 2. The Balaban J connectivity index is 1.53. The van der Waals surface area contributed by atoms with Crippen LogP contribution < -0.4 is 11.1 Å². The van der Waals surface area contributed by atoms with Crippen molar-refractivity contribution in [3.63, 3.8) is 0 Å². The van der Waals surface area contributed by atoms with Gasteiger partial charge in [0, 0.05) is 5.56 Å². The van der Waals surface area contributed by atoms with E-state index < -0.39 is 23.5 Å². The zero-order valence-corrected chi connectivity index (χ0v) is 19.0. The van der Waals surface area contributed by atoms with E-state index in [0.717, 1.165) is 30.4 Å². The Kier molecular flexibility index (Phi) is 5.12. The summed E-state index contributed by atoms with van der Waals surface area (Å²) in [7, 11) is 0. The molecule has 33 heavy (non-hydrogen) atoms. The standard InChI is InChI=1S/C26H31N3O4/c1-26(2)13-19-21-15(10-11-20(30)22(21)31)12-17(27)25(33)29(19)23(26)24(32)28-18-9-5-7-14-6-3-4-8-16(14)18/h3-4,6,8,10-11,17-19,23,30-31H,5,7,9,12-13,27H2,1-2H3,(H,28,32)/t17-,18+,19+,23?/m0/s1. The molecule has 1 saturated heterocycles. The molecule has 0 radical (unpaired) electrons. The SMILES string of the molecule is CC1(C)C[C@@H]2c3c(ccc(O)c3O)C[C@H](N)C(=O)N2C1C(=O)N[C@@H]1CCCc2ccccc21. The summed E-state index contributed by atoms with van der Waals surface area (Å²) in [5, 5.41) is 24.1. The Labute approximate surface area is 193 Å². The van der Waals surface area contributed by atoms with E-state index in [1.807, 2.05) is 26.0 Å². The topological polar surface area (TPSA) is 116 Å². The maximum Gasteiger partial charge on any atom is 0.243 e. The number of nitrogens with zero attached hydrogens (tertiary/aromatic N) is 1. The van der Waals surface area contributed by atoms with Crippen LogP contribution in [-0.4, -0.2) is 39.0 Å². The van der Waals surface area contributed by atoms with Crippen LogP contribution in [-0.2, 0) is 22.4 Å². The Morgan fingerprint density at radius 2 is 1.91 bits per heavy atom.